The van der Waals surface area contributed by atoms with Crippen molar-refractivity contribution in [1.82, 2.24) is 15.3 Å². The summed E-state index contributed by atoms with van der Waals surface area (Å²) in [5.41, 5.74) is 0.911. The van der Waals surface area contributed by atoms with Crippen LogP contribution in [-0.4, -0.2) is 27.0 Å². The molecule has 1 aliphatic rings. The van der Waals surface area contributed by atoms with Gasteiger partial charge >= 0.3 is 0 Å². The highest BCUT2D eigenvalue weighted by Gasteiger charge is 2.32. The molecule has 1 atom stereocenters. The average Bonchev–Trinajstić information content (AvgIpc) is 2.73. The lowest BCUT2D eigenvalue weighted by Crippen LogP contribution is -2.25. The van der Waals surface area contributed by atoms with E-state index in [1.807, 2.05) is 12.1 Å². The number of hydrogen-bond donors (Lipinski definition) is 1. The van der Waals surface area contributed by atoms with Gasteiger partial charge in [-0.15, -0.1) is 5.10 Å². The van der Waals surface area contributed by atoms with Gasteiger partial charge in [0, 0.05) is 26.2 Å². The third-order valence-corrected chi connectivity index (χ3v) is 3.34. The van der Waals surface area contributed by atoms with E-state index in [4.69, 9.17) is 0 Å². The van der Waals surface area contributed by atoms with Crippen LogP contribution >= 0.6 is 11.8 Å². The summed E-state index contributed by atoms with van der Waals surface area (Å²) in [5, 5.41) is 8.21. The van der Waals surface area contributed by atoms with Gasteiger partial charge in [-0.05, 0) is 17.7 Å². The van der Waals surface area contributed by atoms with E-state index < -0.39 is 0 Å². The third kappa shape index (κ3) is 2.67. The van der Waals surface area contributed by atoms with Gasteiger partial charge in [0.2, 0.25) is 11.8 Å². The maximum absolute atomic E-state index is 11.5. The number of amides is 2. The minimum Gasteiger partial charge on any atom is -0.304 e. The first-order valence-electron chi connectivity index (χ1n) is 5.30. The Morgan fingerprint density at radius 1 is 1.33 bits per heavy atom. The Balaban J connectivity index is 2.23. The minimum absolute atomic E-state index is 0.176. The van der Waals surface area contributed by atoms with Crippen molar-refractivity contribution in [2.45, 2.75) is 19.2 Å². The van der Waals surface area contributed by atoms with E-state index in [-0.39, 0.29) is 17.2 Å². The maximum atomic E-state index is 11.5. The van der Waals surface area contributed by atoms with Gasteiger partial charge in [0.05, 0.1) is 0 Å². The molecule has 7 heteroatoms. The van der Waals surface area contributed by atoms with Gasteiger partial charge in [0.1, 0.15) is 5.37 Å². The smallest absolute Gasteiger partial charge is 0.241 e. The highest BCUT2D eigenvalue weighted by Crippen LogP contribution is 2.38. The van der Waals surface area contributed by atoms with E-state index >= 15 is 0 Å². The number of nitrogens with zero attached hydrogens (tertiary/aromatic N) is 3. The second-order valence-electron chi connectivity index (χ2n) is 3.70. The molecular formula is C11H12N4O2S. The fourth-order valence-electron chi connectivity index (χ4n) is 1.51. The lowest BCUT2D eigenvalue weighted by Gasteiger charge is -2.18. The fourth-order valence-corrected chi connectivity index (χ4v) is 2.65. The lowest BCUT2D eigenvalue weighted by molar-refractivity contribution is -0.129. The van der Waals surface area contributed by atoms with Crippen molar-refractivity contribution in [3.05, 3.63) is 30.1 Å². The topological polar surface area (TPSA) is 74.7 Å². The molecule has 94 valence electrons. The number of amidine groups is 1. The third-order valence-electron chi connectivity index (χ3n) is 2.24. The molecule has 0 saturated carbocycles. The van der Waals surface area contributed by atoms with Crippen molar-refractivity contribution in [1.29, 1.82) is 0 Å². The van der Waals surface area contributed by atoms with Crippen molar-refractivity contribution < 1.29 is 9.59 Å². The normalized spacial score (nSPS) is 18.4. The largest absolute Gasteiger partial charge is 0.304 e. The summed E-state index contributed by atoms with van der Waals surface area (Å²) in [6.07, 6.45) is 3.31. The highest BCUT2D eigenvalue weighted by atomic mass is 32.2. The van der Waals surface area contributed by atoms with E-state index in [0.29, 0.717) is 5.17 Å². The molecule has 0 aromatic carbocycles. The van der Waals surface area contributed by atoms with E-state index in [0.717, 1.165) is 5.56 Å². The molecule has 2 rings (SSSR count). The number of pyridine rings is 1. The van der Waals surface area contributed by atoms with Crippen molar-refractivity contribution >= 4 is 28.7 Å². The van der Waals surface area contributed by atoms with E-state index in [1.165, 1.54) is 30.6 Å². The van der Waals surface area contributed by atoms with E-state index in [1.54, 1.807) is 12.4 Å². The SMILES string of the molecule is CC(=O)NC1=NN(C(C)=O)C(c2ccncc2)S1. The van der Waals surface area contributed by atoms with Crippen molar-refractivity contribution in [3.8, 4) is 0 Å². The van der Waals surface area contributed by atoms with Crippen LogP contribution in [0.1, 0.15) is 24.8 Å². The summed E-state index contributed by atoms with van der Waals surface area (Å²) >= 11 is 1.32. The molecule has 0 spiro atoms. The molecule has 0 fully saturated rings. The molecule has 0 aliphatic carbocycles. The first-order chi connectivity index (χ1) is 8.58. The summed E-state index contributed by atoms with van der Waals surface area (Å²) in [4.78, 5) is 26.5. The number of aromatic nitrogens is 1. The number of carbonyl (C=O) groups excluding carboxylic acids is 2. The van der Waals surface area contributed by atoms with Gasteiger partial charge in [0.15, 0.2) is 5.17 Å². The second-order valence-corrected chi connectivity index (χ2v) is 4.77. The summed E-state index contributed by atoms with van der Waals surface area (Å²) < 4.78 is 0. The Hall–Kier alpha value is -1.89. The number of hydrogen-bond acceptors (Lipinski definition) is 5. The van der Waals surface area contributed by atoms with Crippen LogP contribution in [0.2, 0.25) is 0 Å². The van der Waals surface area contributed by atoms with E-state index in [9.17, 15) is 9.59 Å². The predicted molar refractivity (Wildman–Crippen MR) is 68.3 cm³/mol. The molecule has 0 bridgehead atoms. The summed E-state index contributed by atoms with van der Waals surface area (Å²) in [7, 11) is 0. The molecule has 2 amide bonds. The molecule has 1 aliphatic heterocycles. The molecule has 6 nitrogen and oxygen atoms in total. The number of rotatable bonds is 1. The average molecular weight is 264 g/mol. The zero-order valence-electron chi connectivity index (χ0n) is 9.95. The predicted octanol–water partition coefficient (Wildman–Crippen LogP) is 1.08. The molecule has 1 unspecified atom stereocenters. The van der Waals surface area contributed by atoms with Crippen LogP contribution in [0.15, 0.2) is 29.6 Å². The van der Waals surface area contributed by atoms with Crippen LogP contribution in [0.4, 0.5) is 0 Å². The van der Waals surface area contributed by atoms with Gasteiger partial charge in [0.25, 0.3) is 0 Å². The summed E-state index contributed by atoms with van der Waals surface area (Å²) in [5.74, 6) is -0.384. The molecule has 0 saturated heterocycles. The Labute approximate surface area is 108 Å². The number of thioether (sulfide) groups is 1. The van der Waals surface area contributed by atoms with Crippen molar-refractivity contribution in [2.24, 2.45) is 5.10 Å². The molecule has 1 N–H and O–H groups in total. The van der Waals surface area contributed by atoms with Gasteiger partial charge in [-0.3, -0.25) is 14.6 Å². The van der Waals surface area contributed by atoms with Crippen LogP contribution in [0, 0.1) is 0 Å². The fraction of sp³-hybridized carbons (Fsp3) is 0.273. The standard InChI is InChI=1S/C11H12N4O2S/c1-7(16)13-11-14-15(8(2)17)10(18-11)9-3-5-12-6-4-9/h3-6,10H,1-2H3,(H,13,14,16). The molecule has 2 heterocycles. The second kappa shape index (κ2) is 5.18. The minimum atomic E-state index is -0.257. The molecular weight excluding hydrogens is 252 g/mol. The van der Waals surface area contributed by atoms with Gasteiger partial charge < -0.3 is 5.32 Å². The molecule has 1 aromatic heterocycles. The molecule has 18 heavy (non-hydrogen) atoms. The first-order valence-corrected chi connectivity index (χ1v) is 6.18. The number of carbonyl (C=O) groups is 2. The summed E-state index contributed by atoms with van der Waals surface area (Å²) in [6, 6.07) is 3.64. The Morgan fingerprint density at radius 3 is 2.56 bits per heavy atom. The van der Waals surface area contributed by atoms with Gasteiger partial charge in [-0.1, -0.05) is 11.8 Å². The molecule has 1 aromatic rings. The van der Waals surface area contributed by atoms with Crippen LogP contribution in [0.3, 0.4) is 0 Å². The quantitative estimate of drug-likeness (QED) is 0.823. The Bertz CT molecular complexity index is 503. The summed E-state index contributed by atoms with van der Waals surface area (Å²) in [6.45, 7) is 2.84. The van der Waals surface area contributed by atoms with Crippen LogP contribution in [0.5, 0.6) is 0 Å². The van der Waals surface area contributed by atoms with Crippen LogP contribution < -0.4 is 5.32 Å². The van der Waals surface area contributed by atoms with E-state index in [2.05, 4.69) is 15.4 Å². The van der Waals surface area contributed by atoms with Gasteiger partial charge in [-0.2, -0.15) is 0 Å². The lowest BCUT2D eigenvalue weighted by atomic mass is 10.2. The Morgan fingerprint density at radius 2 is 2.00 bits per heavy atom. The maximum Gasteiger partial charge on any atom is 0.241 e. The zero-order valence-corrected chi connectivity index (χ0v) is 10.8. The highest BCUT2D eigenvalue weighted by molar-refractivity contribution is 8.14. The van der Waals surface area contributed by atoms with Gasteiger partial charge in [-0.25, -0.2) is 5.01 Å². The van der Waals surface area contributed by atoms with Crippen molar-refractivity contribution in [2.75, 3.05) is 0 Å². The monoisotopic (exact) mass is 264 g/mol. The van der Waals surface area contributed by atoms with Crippen LogP contribution in [0.25, 0.3) is 0 Å². The zero-order chi connectivity index (χ0) is 13.1. The first kappa shape index (κ1) is 12.6. The van der Waals surface area contributed by atoms with Crippen LogP contribution in [-0.2, 0) is 9.59 Å². The Kier molecular flexibility index (Phi) is 3.61. The molecule has 0 radical (unpaired) electrons. The number of hydrazone groups is 1. The number of nitrogens with one attached hydrogen (secondary N) is 1. The van der Waals surface area contributed by atoms with Crippen molar-refractivity contribution in [3.63, 3.8) is 0 Å².